The number of hydrogen-bond acceptors (Lipinski definition) is 7. The number of thioether (sulfide) groups is 1. The van der Waals surface area contributed by atoms with Gasteiger partial charge in [0.05, 0.1) is 15.0 Å². The van der Waals surface area contributed by atoms with Gasteiger partial charge in [0.1, 0.15) is 5.75 Å². The fraction of sp³-hybridized carbons (Fsp3) is 0.133. The summed E-state index contributed by atoms with van der Waals surface area (Å²) in [6, 6.07) is 9.17. The van der Waals surface area contributed by atoms with E-state index in [9.17, 15) is 13.6 Å². The molecule has 26 heavy (non-hydrogen) atoms. The van der Waals surface area contributed by atoms with Crippen molar-refractivity contribution in [2.45, 2.75) is 11.8 Å². The Bertz CT molecular complexity index is 915. The summed E-state index contributed by atoms with van der Waals surface area (Å²) >= 11 is 8.17. The smallest absolute Gasteiger partial charge is 0.387 e. The molecular weight excluding hydrogens is 406 g/mol. The van der Waals surface area contributed by atoms with E-state index in [1.807, 2.05) is 0 Å². The van der Waals surface area contributed by atoms with Crippen LogP contribution in [0.15, 0.2) is 41.6 Å². The van der Waals surface area contributed by atoms with Gasteiger partial charge in [0, 0.05) is 5.56 Å². The van der Waals surface area contributed by atoms with Crippen molar-refractivity contribution >= 4 is 40.5 Å². The number of aromatic nitrogens is 3. The third-order valence-electron chi connectivity index (χ3n) is 3.18. The molecule has 1 aromatic carbocycles. The van der Waals surface area contributed by atoms with Gasteiger partial charge >= 0.3 is 6.61 Å². The van der Waals surface area contributed by atoms with E-state index in [4.69, 9.17) is 17.4 Å². The molecule has 0 aliphatic heterocycles. The molecule has 0 radical (unpaired) electrons. The van der Waals surface area contributed by atoms with Gasteiger partial charge in [0.15, 0.2) is 11.6 Å². The number of hydrogen-bond donors (Lipinski definition) is 1. The molecular formula is C15H11ClF2N4O2S2. The largest absolute Gasteiger partial charge is 0.435 e. The van der Waals surface area contributed by atoms with Crippen LogP contribution in [0.3, 0.4) is 0 Å². The quantitative estimate of drug-likeness (QED) is 0.356. The molecule has 136 valence electrons. The molecule has 0 saturated heterocycles. The zero-order chi connectivity index (χ0) is 18.7. The molecule has 2 aromatic heterocycles. The Morgan fingerprint density at radius 2 is 2.00 bits per heavy atom. The molecule has 0 spiro atoms. The maximum Gasteiger partial charge on any atom is 0.387 e. The summed E-state index contributed by atoms with van der Waals surface area (Å²) in [7, 11) is 0. The second-order valence-electron chi connectivity index (χ2n) is 4.89. The number of rotatable bonds is 7. The second-order valence-corrected chi connectivity index (χ2v) is 7.55. The van der Waals surface area contributed by atoms with E-state index in [0.29, 0.717) is 25.8 Å². The van der Waals surface area contributed by atoms with Gasteiger partial charge in [-0.05, 0) is 36.4 Å². The van der Waals surface area contributed by atoms with Crippen LogP contribution in [0.25, 0.3) is 11.4 Å². The lowest BCUT2D eigenvalue weighted by atomic mass is 10.2. The summed E-state index contributed by atoms with van der Waals surface area (Å²) in [5.41, 5.74) is 0.574. The highest BCUT2D eigenvalue weighted by molar-refractivity contribution is 7.99. The number of Topliss-reactive ketones (excluding diaryl/α,β-unsaturated/α-hetero) is 1. The Kier molecular flexibility index (Phi) is 5.74. The number of ketones is 1. The molecule has 0 fully saturated rings. The summed E-state index contributed by atoms with van der Waals surface area (Å²) in [6.45, 7) is -2.89. The summed E-state index contributed by atoms with van der Waals surface area (Å²) in [5.74, 6) is 6.38. The van der Waals surface area contributed by atoms with Crippen molar-refractivity contribution in [2.24, 2.45) is 0 Å². The molecule has 3 rings (SSSR count). The molecule has 0 saturated carbocycles. The molecule has 0 unspecified atom stereocenters. The molecule has 11 heteroatoms. The van der Waals surface area contributed by atoms with Crippen LogP contribution in [0, 0.1) is 0 Å². The number of nitrogen functional groups attached to an aromatic ring is 1. The first-order chi connectivity index (χ1) is 12.4. The topological polar surface area (TPSA) is 83.0 Å². The highest BCUT2D eigenvalue weighted by Gasteiger charge is 2.16. The molecule has 0 atom stereocenters. The summed E-state index contributed by atoms with van der Waals surface area (Å²) in [6.07, 6.45) is 0. The lowest BCUT2D eigenvalue weighted by Crippen LogP contribution is -2.12. The van der Waals surface area contributed by atoms with Crippen molar-refractivity contribution in [3.05, 3.63) is 45.6 Å². The number of nitrogens with zero attached hydrogens (tertiary/aromatic N) is 3. The van der Waals surface area contributed by atoms with Crippen LogP contribution < -0.4 is 10.6 Å². The van der Waals surface area contributed by atoms with Crippen molar-refractivity contribution in [2.75, 3.05) is 11.6 Å². The zero-order valence-corrected chi connectivity index (χ0v) is 15.3. The second kappa shape index (κ2) is 8.02. The summed E-state index contributed by atoms with van der Waals surface area (Å²) in [4.78, 5) is 12.7. The SMILES string of the molecule is Nn1c(SCC(=O)c2ccc(Cl)s2)nnc1-c1ccc(OC(F)F)cc1. The molecule has 0 aliphatic carbocycles. The van der Waals surface area contributed by atoms with E-state index >= 15 is 0 Å². The van der Waals surface area contributed by atoms with E-state index < -0.39 is 6.61 Å². The first kappa shape index (κ1) is 18.6. The standard InChI is InChI=1S/C15H11ClF2N4O2S2/c16-12-6-5-11(26-12)10(23)7-25-15-21-20-13(22(15)19)8-1-3-9(4-2-8)24-14(17)18/h1-6,14H,7,19H2. The van der Waals surface area contributed by atoms with Gasteiger partial charge in [-0.15, -0.1) is 21.5 Å². The monoisotopic (exact) mass is 416 g/mol. The first-order valence-corrected chi connectivity index (χ1v) is 9.29. The highest BCUT2D eigenvalue weighted by atomic mass is 35.5. The number of carbonyl (C=O) groups excluding carboxylic acids is 1. The minimum atomic E-state index is -2.89. The highest BCUT2D eigenvalue weighted by Crippen LogP contribution is 2.26. The lowest BCUT2D eigenvalue weighted by molar-refractivity contribution is -0.0498. The first-order valence-electron chi connectivity index (χ1n) is 7.11. The van der Waals surface area contributed by atoms with Gasteiger partial charge in [0.25, 0.3) is 0 Å². The number of thiophene rings is 1. The molecule has 2 heterocycles. The fourth-order valence-electron chi connectivity index (χ4n) is 2.02. The maximum absolute atomic E-state index is 12.2. The van der Waals surface area contributed by atoms with Crippen molar-refractivity contribution in [1.82, 2.24) is 14.9 Å². The fourth-order valence-corrected chi connectivity index (χ4v) is 3.83. The van der Waals surface area contributed by atoms with Gasteiger partial charge in [-0.1, -0.05) is 23.4 Å². The van der Waals surface area contributed by atoms with Crippen LogP contribution >= 0.6 is 34.7 Å². The van der Waals surface area contributed by atoms with Crippen LogP contribution in [-0.4, -0.2) is 33.0 Å². The van der Waals surface area contributed by atoms with Crippen molar-refractivity contribution in [3.8, 4) is 17.1 Å². The predicted molar refractivity (Wildman–Crippen MR) is 96.6 cm³/mol. The van der Waals surface area contributed by atoms with Gasteiger partial charge in [-0.25, -0.2) is 4.68 Å². The Hall–Kier alpha value is -2.17. The zero-order valence-electron chi connectivity index (χ0n) is 12.9. The molecule has 0 amide bonds. The van der Waals surface area contributed by atoms with Gasteiger partial charge in [0.2, 0.25) is 5.16 Å². The molecule has 0 aliphatic rings. The van der Waals surface area contributed by atoms with E-state index in [2.05, 4.69) is 14.9 Å². The third kappa shape index (κ3) is 4.32. The van der Waals surface area contributed by atoms with Crippen LogP contribution in [0.1, 0.15) is 9.67 Å². The van der Waals surface area contributed by atoms with Crippen molar-refractivity contribution in [1.29, 1.82) is 0 Å². The maximum atomic E-state index is 12.2. The van der Waals surface area contributed by atoms with Gasteiger partial charge in [-0.3, -0.25) is 4.79 Å². The molecule has 3 aromatic rings. The number of ether oxygens (including phenoxy) is 1. The van der Waals surface area contributed by atoms with Crippen LogP contribution in [0.5, 0.6) is 5.75 Å². The molecule has 6 nitrogen and oxygen atoms in total. The number of halogens is 3. The third-order valence-corrected chi connectivity index (χ3v) is 5.40. The molecule has 2 N–H and O–H groups in total. The Labute approximate surface area is 159 Å². The average Bonchev–Trinajstić information content (AvgIpc) is 3.19. The number of nitrogens with two attached hydrogens (primary N) is 1. The van der Waals surface area contributed by atoms with Crippen molar-refractivity contribution < 1.29 is 18.3 Å². The van der Waals surface area contributed by atoms with Crippen LogP contribution in [0.4, 0.5) is 8.78 Å². The minimum Gasteiger partial charge on any atom is -0.435 e. The Balaban J connectivity index is 1.68. The summed E-state index contributed by atoms with van der Waals surface area (Å²) in [5, 5.41) is 8.29. The van der Waals surface area contributed by atoms with E-state index in [1.165, 1.54) is 28.1 Å². The number of alkyl halides is 2. The van der Waals surface area contributed by atoms with Gasteiger partial charge in [-0.2, -0.15) is 8.78 Å². The van der Waals surface area contributed by atoms with Crippen molar-refractivity contribution in [3.63, 3.8) is 0 Å². The Morgan fingerprint density at radius 1 is 1.27 bits per heavy atom. The van der Waals surface area contributed by atoms with Crippen LogP contribution in [0.2, 0.25) is 4.34 Å². The van der Waals surface area contributed by atoms with E-state index in [-0.39, 0.29) is 17.3 Å². The Morgan fingerprint density at radius 3 is 2.62 bits per heavy atom. The predicted octanol–water partition coefficient (Wildman–Crippen LogP) is 3.95. The minimum absolute atomic E-state index is 0.0293. The van der Waals surface area contributed by atoms with Crippen LogP contribution in [-0.2, 0) is 0 Å². The normalized spacial score (nSPS) is 11.1. The lowest BCUT2D eigenvalue weighted by Gasteiger charge is -2.06. The summed E-state index contributed by atoms with van der Waals surface area (Å²) < 4.78 is 30.4. The van der Waals surface area contributed by atoms with E-state index in [1.54, 1.807) is 24.3 Å². The number of benzene rings is 1. The van der Waals surface area contributed by atoms with Gasteiger partial charge < -0.3 is 10.6 Å². The molecule has 0 bridgehead atoms. The van der Waals surface area contributed by atoms with E-state index in [0.717, 1.165) is 11.8 Å². The number of carbonyl (C=O) groups is 1. The average molecular weight is 417 g/mol.